The lowest BCUT2D eigenvalue weighted by molar-refractivity contribution is 0.166. The third kappa shape index (κ3) is 3.61. The number of hydrogen-bond donors (Lipinski definition) is 1. The minimum absolute atomic E-state index is 0. The molecule has 1 aromatic rings. The summed E-state index contributed by atoms with van der Waals surface area (Å²) in [5.74, 6) is 0.459. The molecule has 0 bridgehead atoms. The van der Waals surface area contributed by atoms with Gasteiger partial charge in [0, 0.05) is 6.54 Å². The highest BCUT2D eigenvalue weighted by molar-refractivity contribution is 9.10. The molecule has 0 radical (unpaired) electrons. The lowest BCUT2D eigenvalue weighted by Crippen LogP contribution is -2.37. The molecule has 2 rings (SSSR count). The molecular formula is C11H14BrClFNO. The van der Waals surface area contributed by atoms with Crippen LogP contribution in [0, 0.1) is 5.82 Å². The summed E-state index contributed by atoms with van der Waals surface area (Å²) in [6, 6.07) is 4.50. The van der Waals surface area contributed by atoms with Gasteiger partial charge in [-0.05, 0) is 53.5 Å². The van der Waals surface area contributed by atoms with Gasteiger partial charge in [-0.2, -0.15) is 0 Å². The maximum atomic E-state index is 12.8. The summed E-state index contributed by atoms with van der Waals surface area (Å²) in [6.45, 7) is 1.92. The Morgan fingerprint density at radius 3 is 2.88 bits per heavy atom. The molecule has 0 amide bonds. The second-order valence-electron chi connectivity index (χ2n) is 3.66. The molecule has 1 aliphatic heterocycles. The van der Waals surface area contributed by atoms with Crippen molar-refractivity contribution in [2.45, 2.75) is 18.9 Å². The first kappa shape index (κ1) is 13.7. The first-order valence-electron chi connectivity index (χ1n) is 5.08. The predicted octanol–water partition coefficient (Wildman–Crippen LogP) is 3.14. The van der Waals surface area contributed by atoms with Gasteiger partial charge in [0.05, 0.1) is 4.47 Å². The molecule has 1 atom stereocenters. The van der Waals surface area contributed by atoms with Gasteiger partial charge in [0.15, 0.2) is 0 Å². The first-order valence-corrected chi connectivity index (χ1v) is 5.87. The largest absolute Gasteiger partial charge is 0.488 e. The first-order chi connectivity index (χ1) is 7.25. The van der Waals surface area contributed by atoms with Crippen LogP contribution in [0.5, 0.6) is 5.75 Å². The molecule has 1 heterocycles. The predicted molar refractivity (Wildman–Crippen MR) is 67.9 cm³/mol. The van der Waals surface area contributed by atoms with Crippen molar-refractivity contribution in [2.24, 2.45) is 0 Å². The molecule has 1 aliphatic rings. The smallest absolute Gasteiger partial charge is 0.134 e. The summed E-state index contributed by atoms with van der Waals surface area (Å²) in [5, 5.41) is 3.27. The second kappa shape index (κ2) is 6.42. The van der Waals surface area contributed by atoms with Crippen LogP contribution >= 0.6 is 28.3 Å². The van der Waals surface area contributed by atoms with E-state index in [1.54, 1.807) is 6.07 Å². The van der Waals surface area contributed by atoms with Gasteiger partial charge in [-0.3, -0.25) is 0 Å². The van der Waals surface area contributed by atoms with E-state index in [4.69, 9.17) is 4.74 Å². The third-order valence-electron chi connectivity index (χ3n) is 2.44. The monoisotopic (exact) mass is 309 g/mol. The van der Waals surface area contributed by atoms with Gasteiger partial charge in [0.2, 0.25) is 0 Å². The van der Waals surface area contributed by atoms with Crippen molar-refractivity contribution >= 4 is 28.3 Å². The van der Waals surface area contributed by atoms with Crippen LogP contribution in [0.1, 0.15) is 12.8 Å². The van der Waals surface area contributed by atoms with Gasteiger partial charge in [0.1, 0.15) is 17.7 Å². The Morgan fingerprint density at radius 1 is 1.44 bits per heavy atom. The van der Waals surface area contributed by atoms with Crippen LogP contribution in [0.25, 0.3) is 0 Å². The number of ether oxygens (including phenoxy) is 1. The number of benzene rings is 1. The van der Waals surface area contributed by atoms with Crippen molar-refractivity contribution in [1.82, 2.24) is 5.32 Å². The van der Waals surface area contributed by atoms with Gasteiger partial charge in [0.25, 0.3) is 0 Å². The Hall–Kier alpha value is -0.320. The van der Waals surface area contributed by atoms with Crippen LogP contribution in [0.3, 0.4) is 0 Å². The molecule has 5 heteroatoms. The highest BCUT2D eigenvalue weighted by Crippen LogP contribution is 2.27. The van der Waals surface area contributed by atoms with Gasteiger partial charge in [-0.15, -0.1) is 12.4 Å². The Morgan fingerprint density at radius 2 is 2.25 bits per heavy atom. The summed E-state index contributed by atoms with van der Waals surface area (Å²) in [7, 11) is 0. The Bertz CT molecular complexity index is 345. The van der Waals surface area contributed by atoms with E-state index in [-0.39, 0.29) is 24.3 Å². The molecule has 90 valence electrons. The zero-order valence-electron chi connectivity index (χ0n) is 8.71. The number of rotatable bonds is 2. The van der Waals surface area contributed by atoms with E-state index in [0.29, 0.717) is 10.2 Å². The summed E-state index contributed by atoms with van der Waals surface area (Å²) in [5.41, 5.74) is 0. The molecule has 0 aliphatic carbocycles. The molecule has 1 aromatic carbocycles. The van der Waals surface area contributed by atoms with Crippen LogP contribution in [0.4, 0.5) is 4.39 Å². The molecule has 1 fully saturated rings. The van der Waals surface area contributed by atoms with Crippen LogP contribution < -0.4 is 10.1 Å². The molecule has 0 spiro atoms. The van der Waals surface area contributed by atoms with Crippen molar-refractivity contribution in [3.05, 3.63) is 28.5 Å². The van der Waals surface area contributed by atoms with Crippen LogP contribution in [-0.2, 0) is 0 Å². The normalized spacial score (nSPS) is 20.0. The molecule has 1 N–H and O–H groups in total. The van der Waals surface area contributed by atoms with E-state index in [9.17, 15) is 4.39 Å². The van der Waals surface area contributed by atoms with Gasteiger partial charge < -0.3 is 10.1 Å². The van der Waals surface area contributed by atoms with E-state index in [0.717, 1.165) is 25.9 Å². The van der Waals surface area contributed by atoms with E-state index >= 15 is 0 Å². The van der Waals surface area contributed by atoms with Gasteiger partial charge >= 0.3 is 0 Å². The molecule has 0 saturated carbocycles. The second-order valence-corrected chi connectivity index (χ2v) is 4.52. The number of piperidine rings is 1. The molecule has 1 unspecified atom stereocenters. The number of halogens is 3. The Labute approximate surface area is 109 Å². The van der Waals surface area contributed by atoms with Crippen molar-refractivity contribution < 1.29 is 9.13 Å². The highest BCUT2D eigenvalue weighted by atomic mass is 79.9. The molecule has 2 nitrogen and oxygen atoms in total. The summed E-state index contributed by atoms with van der Waals surface area (Å²) < 4.78 is 19.3. The number of nitrogens with one attached hydrogen (secondary N) is 1. The van der Waals surface area contributed by atoms with Crippen LogP contribution in [0.15, 0.2) is 22.7 Å². The average Bonchev–Trinajstić information content (AvgIpc) is 2.24. The number of hydrogen-bond acceptors (Lipinski definition) is 2. The fraction of sp³-hybridized carbons (Fsp3) is 0.455. The molecule has 1 saturated heterocycles. The molecular weight excluding hydrogens is 296 g/mol. The van der Waals surface area contributed by atoms with Crippen molar-refractivity contribution in [3.63, 3.8) is 0 Å². The highest BCUT2D eigenvalue weighted by Gasteiger charge is 2.15. The standard InChI is InChI=1S/C11H13BrFNO.ClH/c12-10-6-8(13)3-4-11(10)15-9-2-1-5-14-7-9;/h3-4,6,9,14H,1-2,5,7H2;1H. The van der Waals surface area contributed by atoms with Gasteiger partial charge in [-0.1, -0.05) is 0 Å². The summed E-state index contributed by atoms with van der Waals surface area (Å²) in [4.78, 5) is 0. The summed E-state index contributed by atoms with van der Waals surface area (Å²) in [6.07, 6.45) is 2.38. The van der Waals surface area contributed by atoms with Crippen molar-refractivity contribution in [1.29, 1.82) is 0 Å². The van der Waals surface area contributed by atoms with E-state index in [2.05, 4.69) is 21.2 Å². The SMILES string of the molecule is Cl.Fc1ccc(OC2CCCNC2)c(Br)c1. The molecule has 0 aromatic heterocycles. The Kier molecular flexibility index (Phi) is 5.52. The summed E-state index contributed by atoms with van der Waals surface area (Å²) >= 11 is 3.29. The topological polar surface area (TPSA) is 21.3 Å². The zero-order chi connectivity index (χ0) is 10.7. The fourth-order valence-corrected chi connectivity index (χ4v) is 2.12. The minimum atomic E-state index is -0.254. The van der Waals surface area contributed by atoms with Gasteiger partial charge in [-0.25, -0.2) is 4.39 Å². The van der Waals surface area contributed by atoms with Crippen LogP contribution in [0.2, 0.25) is 0 Å². The van der Waals surface area contributed by atoms with Crippen molar-refractivity contribution in [2.75, 3.05) is 13.1 Å². The maximum absolute atomic E-state index is 12.8. The fourth-order valence-electron chi connectivity index (χ4n) is 1.67. The zero-order valence-corrected chi connectivity index (χ0v) is 11.1. The molecule has 16 heavy (non-hydrogen) atoms. The Balaban J connectivity index is 0.00000128. The third-order valence-corrected chi connectivity index (χ3v) is 3.06. The van der Waals surface area contributed by atoms with E-state index in [1.807, 2.05) is 0 Å². The maximum Gasteiger partial charge on any atom is 0.134 e. The lowest BCUT2D eigenvalue weighted by atomic mass is 10.1. The van der Waals surface area contributed by atoms with E-state index < -0.39 is 0 Å². The van der Waals surface area contributed by atoms with Crippen molar-refractivity contribution in [3.8, 4) is 5.75 Å². The quantitative estimate of drug-likeness (QED) is 0.906. The lowest BCUT2D eigenvalue weighted by Gasteiger charge is -2.24. The average molecular weight is 311 g/mol. The minimum Gasteiger partial charge on any atom is -0.488 e. The van der Waals surface area contributed by atoms with Crippen LogP contribution in [-0.4, -0.2) is 19.2 Å². The van der Waals surface area contributed by atoms with E-state index in [1.165, 1.54) is 12.1 Å².